The molecule has 7 aliphatic heterocycles. The molecule has 27 nitrogen and oxygen atoms in total. The summed E-state index contributed by atoms with van der Waals surface area (Å²) in [5.74, 6) is 2.26. The standard InChI is InChI=1S/C15H28N2O.C11H15NO.C10H20N2O.2C10H19NO.C10H21N.C9H18N2O.C9H17NO.C7H18Si.C4H12O6P2.C4H11O3P.2CH4/c1-15(2,3)14(18)17-11-7-13(8-12-17)16-9-5-4-6-10-16;1-11(2,3)10(13)12-9-7-5-4-6-8-9;1-10(2,3)9(13)12-7-5-11(4)6-8-12;1-10(2,3)9(12)8-4-6-11-7-5-8;1-10(2,3)9(12)11-7-5-4-6-8-11;1-7-11(8-2)9(3)10(4,5)6;1-9(2,3)8(12)11-6-4-10-5-7-11;1-9(2,3)8(11)10-6-4-5-7-10;1-7(2,3)8(4,5)6;1-4(2,3)11(5,6)10-12(7,8)9;1-4(2,3)8(5,6)7;;/h13H,4-12H2,1-3H3;4-8H,1-3H3,(H,12,13);5-8H2,1-4H3;8,11H,4-7H2,1-3H3;4-8H2,1-3H3;3,7-8H2,1-2,4-6H3;10H,4-7H2,1-3H3;4-7H2,1-3H3;1-6H3;1-3H3,(H,5,6)(H2,7,8,9);1-3H3,(H2,5,6,7);2*1H4. The number of Topliss-reactive ketones (excluding diaryl/α,β-unsaturated/α-hetero) is 1. The Kier molecular flexibility index (Phi) is 61.3. The van der Waals surface area contributed by atoms with Gasteiger partial charge in [-0.15, -0.1) is 0 Å². The van der Waals surface area contributed by atoms with Crippen molar-refractivity contribution in [2.24, 2.45) is 49.2 Å². The van der Waals surface area contributed by atoms with Crippen LogP contribution in [0.25, 0.3) is 0 Å². The molecule has 1 aromatic carbocycles. The predicted molar refractivity (Wildman–Crippen MR) is 559 cm³/mol. The summed E-state index contributed by atoms with van der Waals surface area (Å²) in [6, 6.07) is 10.2. The number of para-hydroxylation sites is 1. The van der Waals surface area contributed by atoms with Crippen LogP contribution >= 0.6 is 23.0 Å². The molecular formula is C101H206N11O16P3Si. The quantitative estimate of drug-likeness (QED) is 0.0885. The summed E-state index contributed by atoms with van der Waals surface area (Å²) in [4.78, 5) is 142. The van der Waals surface area contributed by atoms with Crippen molar-refractivity contribution in [1.29, 1.82) is 0 Å². The average molecular weight is 1950 g/mol. The fraction of sp³-hybridized carbons (Fsp3) is 0.851. The Morgan fingerprint density at radius 3 is 0.970 bits per heavy atom. The van der Waals surface area contributed by atoms with Crippen LogP contribution in [-0.4, -0.2) is 267 Å². The monoisotopic (exact) mass is 1950 g/mol. The second-order valence-electron chi connectivity index (χ2n) is 47.9. The molecule has 8 N–H and O–H groups in total. The maximum Gasteiger partial charge on any atom is 0.476 e. The zero-order valence-electron chi connectivity index (χ0n) is 90.0. The Morgan fingerprint density at radius 1 is 0.417 bits per heavy atom. The molecule has 1 atom stereocenters. The van der Waals surface area contributed by atoms with E-state index in [0.29, 0.717) is 34.5 Å². The highest BCUT2D eigenvalue weighted by molar-refractivity contribution is 7.64. The molecule has 0 spiro atoms. The number of carbonyl (C=O) groups excluding carboxylic acids is 7. The number of hydrogen-bond donors (Lipinski definition) is 8. The molecule has 780 valence electrons. The van der Waals surface area contributed by atoms with Crippen molar-refractivity contribution in [2.45, 2.75) is 375 Å². The normalized spacial score (nSPS) is 17.8. The lowest BCUT2D eigenvalue weighted by Gasteiger charge is -2.41. The number of piperidine rings is 4. The highest BCUT2D eigenvalue weighted by Crippen LogP contribution is 2.64. The third kappa shape index (κ3) is 58.0. The molecule has 132 heavy (non-hydrogen) atoms. The highest BCUT2D eigenvalue weighted by atomic mass is 31.3. The summed E-state index contributed by atoms with van der Waals surface area (Å²) >= 11 is 0. The van der Waals surface area contributed by atoms with Crippen LogP contribution in [-0.2, 0) is 51.6 Å². The van der Waals surface area contributed by atoms with Crippen molar-refractivity contribution in [3.8, 4) is 0 Å². The molecule has 7 fully saturated rings. The first-order chi connectivity index (χ1) is 58.3. The van der Waals surface area contributed by atoms with E-state index < -0.39 is 41.4 Å². The Bertz CT molecular complexity index is 3460. The van der Waals surface area contributed by atoms with E-state index in [1.54, 1.807) is 0 Å². The first kappa shape index (κ1) is 136. The second-order valence-corrected chi connectivity index (χ2v) is 60.4. The number of ketones is 1. The number of rotatable bonds is 8. The molecule has 31 heteroatoms. The van der Waals surface area contributed by atoms with Gasteiger partial charge >= 0.3 is 23.0 Å². The number of benzene rings is 1. The first-order valence-electron chi connectivity index (χ1n) is 48.2. The van der Waals surface area contributed by atoms with E-state index in [-0.39, 0.29) is 75.9 Å². The molecule has 7 heterocycles. The molecule has 8 rings (SSSR count). The molecule has 1 unspecified atom stereocenters. The molecule has 0 aliphatic carbocycles. The van der Waals surface area contributed by atoms with Gasteiger partial charge in [0, 0.05) is 179 Å². The highest BCUT2D eigenvalue weighted by Gasteiger charge is 2.43. The maximum atomic E-state index is 12.2. The van der Waals surface area contributed by atoms with Crippen LogP contribution in [0.2, 0.25) is 24.7 Å². The van der Waals surface area contributed by atoms with Crippen molar-refractivity contribution in [2.75, 3.05) is 143 Å². The predicted octanol–water partition coefficient (Wildman–Crippen LogP) is 21.1. The number of hydrogen-bond acceptors (Lipinski definition) is 16. The summed E-state index contributed by atoms with van der Waals surface area (Å²) in [7, 11) is -11.8. The van der Waals surface area contributed by atoms with Crippen molar-refractivity contribution < 1.29 is 76.0 Å². The van der Waals surface area contributed by atoms with Gasteiger partial charge in [-0.25, -0.2) is 8.88 Å². The number of amides is 6. The lowest BCUT2D eigenvalue weighted by molar-refractivity contribution is -0.141. The van der Waals surface area contributed by atoms with E-state index in [0.717, 1.165) is 142 Å². The minimum atomic E-state index is -4.90. The van der Waals surface area contributed by atoms with E-state index in [1.165, 1.54) is 125 Å². The SMILES string of the molecule is C.C.C=C(N(CC)CC)C(C)(C)C.CC(C)(C)C(=O)C1CCNCC1.CC(C)(C)C(=O)N1CCC(N2CCCCC2)CC1.CC(C)(C)C(=O)N1CCCC1.CC(C)(C)C(=O)N1CCCCC1.CC(C)(C)C(=O)N1CCNCC1.CC(C)(C)C(=O)Nc1ccccc1.CC(C)(C)P(=O)(O)O.CC(C)(C)P(=O)(O)OP(=O)(O)O.CC(C)(C)[Si](C)(C)C.CN1CCN(C(=O)C(C)(C)C)CC1. The lowest BCUT2D eigenvalue weighted by Crippen LogP contribution is -2.50. The zero-order chi connectivity index (χ0) is 102. The number of piperazine rings is 2. The van der Waals surface area contributed by atoms with Gasteiger partial charge in [0.25, 0.3) is 0 Å². The van der Waals surface area contributed by atoms with Crippen molar-refractivity contribution >= 4 is 78.0 Å². The zero-order valence-corrected chi connectivity index (χ0v) is 93.7. The molecule has 6 amide bonds. The van der Waals surface area contributed by atoms with Gasteiger partial charge in [0.05, 0.1) is 10.3 Å². The third-order valence-electron chi connectivity index (χ3n) is 23.5. The Morgan fingerprint density at radius 2 is 0.712 bits per heavy atom. The maximum absolute atomic E-state index is 12.2. The van der Waals surface area contributed by atoms with Crippen LogP contribution in [0.4, 0.5) is 5.69 Å². The van der Waals surface area contributed by atoms with Gasteiger partial charge < -0.3 is 79.6 Å². The number of nitrogens with one attached hydrogen (secondary N) is 3. The molecule has 7 saturated heterocycles. The minimum absolute atomic E-state index is 0. The Hall–Kier alpha value is -4.24. The van der Waals surface area contributed by atoms with Crippen LogP contribution in [0, 0.1) is 49.2 Å². The van der Waals surface area contributed by atoms with Crippen LogP contribution in [0.1, 0.15) is 334 Å². The van der Waals surface area contributed by atoms with Gasteiger partial charge in [0.2, 0.25) is 35.4 Å². The number of allylic oxidation sites excluding steroid dienone is 1. The molecule has 0 bridgehead atoms. The van der Waals surface area contributed by atoms with E-state index >= 15 is 0 Å². The van der Waals surface area contributed by atoms with Gasteiger partial charge in [0.1, 0.15) is 5.78 Å². The van der Waals surface area contributed by atoms with Gasteiger partial charge in [0.15, 0.2) is 0 Å². The number of likely N-dealkylation sites (tertiary alicyclic amines) is 4. The number of nitrogens with zero attached hydrogens (tertiary/aromatic N) is 8. The molecule has 0 saturated carbocycles. The number of carbonyl (C=O) groups is 7. The van der Waals surface area contributed by atoms with Crippen molar-refractivity contribution in [3.63, 3.8) is 0 Å². The first-order valence-corrected chi connectivity index (χ1v) is 56.4. The summed E-state index contributed by atoms with van der Waals surface area (Å²) in [5.41, 5.74) is 0.751. The molecular weight excluding hydrogens is 1740 g/mol. The van der Waals surface area contributed by atoms with Crippen LogP contribution < -0.4 is 16.0 Å². The summed E-state index contributed by atoms with van der Waals surface area (Å²) in [5, 5.41) is 7.82. The Labute approximate surface area is 809 Å². The van der Waals surface area contributed by atoms with E-state index in [4.69, 9.17) is 24.5 Å². The van der Waals surface area contributed by atoms with Crippen LogP contribution in [0.5, 0.6) is 0 Å². The fourth-order valence-corrected chi connectivity index (χ4v) is 15.0. The van der Waals surface area contributed by atoms with Gasteiger partial charge in [-0.3, -0.25) is 42.7 Å². The van der Waals surface area contributed by atoms with Crippen molar-refractivity contribution in [3.05, 3.63) is 42.6 Å². The Balaban J connectivity index is -0.000000450. The summed E-state index contributed by atoms with van der Waals surface area (Å²) in [6.07, 6.45) is 14.5. The second kappa shape index (κ2) is 59.4. The van der Waals surface area contributed by atoms with E-state index in [9.17, 15) is 47.3 Å². The van der Waals surface area contributed by atoms with Gasteiger partial charge in [-0.05, 0) is 176 Å². The number of anilines is 1. The van der Waals surface area contributed by atoms with Gasteiger partial charge in [-0.1, -0.05) is 253 Å². The fourth-order valence-electron chi connectivity index (χ4n) is 12.9. The lowest BCUT2D eigenvalue weighted by atomic mass is 9.79. The molecule has 0 radical (unpaired) electrons. The summed E-state index contributed by atoms with van der Waals surface area (Å²) < 4.78 is 35.4. The largest absolute Gasteiger partial charge is 0.476 e. The molecule has 7 aliphatic rings. The molecule has 1 aromatic rings. The van der Waals surface area contributed by atoms with E-state index in [2.05, 4.69) is 129 Å². The summed E-state index contributed by atoms with van der Waals surface area (Å²) in [6.45, 7) is 99.2. The average Bonchev–Trinajstić information content (AvgIpc) is 0.940. The van der Waals surface area contributed by atoms with Crippen LogP contribution in [0.15, 0.2) is 42.6 Å². The number of likely N-dealkylation sites (N-methyl/N-ethyl adjacent to an activating group) is 1. The van der Waals surface area contributed by atoms with E-state index in [1.807, 2.05) is 195 Å². The minimum Gasteiger partial charge on any atom is -0.375 e. The number of phosphoric acid groups is 1. The molecule has 0 aromatic heterocycles. The topological polar surface area (TPSA) is 343 Å². The van der Waals surface area contributed by atoms with Crippen LogP contribution in [0.3, 0.4) is 0 Å². The smallest absolute Gasteiger partial charge is 0.375 e. The van der Waals surface area contributed by atoms with Gasteiger partial charge in [-0.2, -0.15) is 0 Å². The third-order valence-corrected chi connectivity index (χ3v) is 33.1. The van der Waals surface area contributed by atoms with Crippen molar-refractivity contribution in [1.82, 2.24) is 49.8 Å².